The molecule has 4 heteroatoms. The maximum Gasteiger partial charge on any atom is 0.119 e. The summed E-state index contributed by atoms with van der Waals surface area (Å²) in [6.07, 6.45) is 2.04. The van der Waals surface area contributed by atoms with Gasteiger partial charge in [-0.2, -0.15) is 12.6 Å². The highest BCUT2D eigenvalue weighted by Crippen LogP contribution is 2.32. The number of thiol groups is 1. The Morgan fingerprint density at radius 1 is 1.11 bits per heavy atom. The lowest BCUT2D eigenvalue weighted by Gasteiger charge is -2.35. The zero-order valence-corrected chi connectivity index (χ0v) is 12.3. The minimum Gasteiger partial charge on any atom is -0.494 e. The van der Waals surface area contributed by atoms with E-state index in [-0.39, 0.29) is 5.41 Å². The van der Waals surface area contributed by atoms with E-state index in [0.29, 0.717) is 13.2 Å². The molecule has 0 unspecified atom stereocenters. The molecule has 0 amide bonds. The second kappa shape index (κ2) is 7.06. The first kappa shape index (κ1) is 14.5. The normalized spacial score (nSPS) is 18.0. The summed E-state index contributed by atoms with van der Waals surface area (Å²) in [4.78, 5) is 0. The van der Waals surface area contributed by atoms with Gasteiger partial charge in [0.1, 0.15) is 11.5 Å². The number of benzene rings is 1. The van der Waals surface area contributed by atoms with Crippen LogP contribution in [0, 0.1) is 5.41 Å². The fraction of sp³-hybridized carbons (Fsp3) is 0.600. The molecule has 19 heavy (non-hydrogen) atoms. The van der Waals surface area contributed by atoms with Crippen molar-refractivity contribution in [2.24, 2.45) is 5.41 Å². The van der Waals surface area contributed by atoms with Gasteiger partial charge in [0.25, 0.3) is 0 Å². The van der Waals surface area contributed by atoms with Crippen LogP contribution in [0.1, 0.15) is 19.8 Å². The maximum atomic E-state index is 5.91. The maximum absolute atomic E-state index is 5.91. The van der Waals surface area contributed by atoms with Crippen LogP contribution in [-0.4, -0.2) is 32.2 Å². The molecule has 1 saturated heterocycles. The lowest BCUT2D eigenvalue weighted by Crippen LogP contribution is -2.36. The molecule has 0 atom stereocenters. The highest BCUT2D eigenvalue weighted by atomic mass is 32.1. The Kier molecular flexibility index (Phi) is 5.40. The Hall–Kier alpha value is -0.870. The van der Waals surface area contributed by atoms with Crippen LogP contribution in [0.4, 0.5) is 0 Å². The first-order valence-electron chi connectivity index (χ1n) is 6.82. The van der Waals surface area contributed by atoms with Crippen LogP contribution in [0.15, 0.2) is 24.3 Å². The minimum absolute atomic E-state index is 0.153. The monoisotopic (exact) mass is 282 g/mol. The van der Waals surface area contributed by atoms with Gasteiger partial charge in [-0.3, -0.25) is 0 Å². The number of rotatable bonds is 6. The summed E-state index contributed by atoms with van der Waals surface area (Å²) in [5.74, 6) is 2.61. The molecule has 1 heterocycles. The SMILES string of the molecule is CCOc1ccc(OCC2(CS)CCOCC2)cc1. The molecule has 0 aromatic heterocycles. The van der Waals surface area contributed by atoms with Crippen molar-refractivity contribution in [2.45, 2.75) is 19.8 Å². The van der Waals surface area contributed by atoms with Crippen LogP contribution >= 0.6 is 12.6 Å². The first-order chi connectivity index (χ1) is 9.28. The molecule has 0 saturated carbocycles. The van der Waals surface area contributed by atoms with E-state index < -0.39 is 0 Å². The molecule has 1 aliphatic heterocycles. The van der Waals surface area contributed by atoms with Crippen molar-refractivity contribution in [2.75, 3.05) is 32.2 Å². The zero-order chi connectivity index (χ0) is 13.6. The van der Waals surface area contributed by atoms with Crippen LogP contribution in [-0.2, 0) is 4.74 Å². The van der Waals surface area contributed by atoms with Gasteiger partial charge in [0.2, 0.25) is 0 Å². The van der Waals surface area contributed by atoms with Gasteiger partial charge >= 0.3 is 0 Å². The molecule has 2 rings (SSSR count). The summed E-state index contributed by atoms with van der Waals surface area (Å²) in [6.45, 7) is 4.99. The smallest absolute Gasteiger partial charge is 0.119 e. The van der Waals surface area contributed by atoms with Gasteiger partial charge in [0.15, 0.2) is 0 Å². The van der Waals surface area contributed by atoms with Crippen molar-refractivity contribution < 1.29 is 14.2 Å². The number of hydrogen-bond donors (Lipinski definition) is 1. The summed E-state index contributed by atoms with van der Waals surface area (Å²) in [7, 11) is 0. The van der Waals surface area contributed by atoms with Gasteiger partial charge in [-0.25, -0.2) is 0 Å². The van der Waals surface area contributed by atoms with Gasteiger partial charge < -0.3 is 14.2 Å². The van der Waals surface area contributed by atoms with Crippen molar-refractivity contribution in [3.05, 3.63) is 24.3 Å². The molecule has 0 spiro atoms. The van der Waals surface area contributed by atoms with Crippen LogP contribution in [0.2, 0.25) is 0 Å². The lowest BCUT2D eigenvalue weighted by atomic mass is 9.83. The molecule has 0 bridgehead atoms. The summed E-state index contributed by atoms with van der Waals surface area (Å²) in [6, 6.07) is 7.79. The van der Waals surface area contributed by atoms with Crippen molar-refractivity contribution in [1.82, 2.24) is 0 Å². The van der Waals surface area contributed by atoms with Crippen LogP contribution in [0.3, 0.4) is 0 Å². The van der Waals surface area contributed by atoms with E-state index in [1.807, 2.05) is 31.2 Å². The molecular formula is C15H22O3S. The third-order valence-electron chi connectivity index (χ3n) is 3.57. The third kappa shape index (κ3) is 4.05. The second-order valence-electron chi connectivity index (χ2n) is 4.96. The molecule has 0 radical (unpaired) electrons. The molecule has 0 aliphatic carbocycles. The van der Waals surface area contributed by atoms with Gasteiger partial charge in [0, 0.05) is 18.6 Å². The molecule has 106 valence electrons. The average Bonchev–Trinajstić information content (AvgIpc) is 2.48. The largest absolute Gasteiger partial charge is 0.494 e. The van der Waals surface area contributed by atoms with E-state index in [2.05, 4.69) is 12.6 Å². The average molecular weight is 282 g/mol. The summed E-state index contributed by atoms with van der Waals surface area (Å²) < 4.78 is 16.7. The Morgan fingerprint density at radius 3 is 2.21 bits per heavy atom. The third-order valence-corrected chi connectivity index (χ3v) is 4.24. The summed E-state index contributed by atoms with van der Waals surface area (Å²) >= 11 is 4.48. The predicted molar refractivity (Wildman–Crippen MR) is 79.4 cm³/mol. The first-order valence-corrected chi connectivity index (χ1v) is 7.45. The number of hydrogen-bond acceptors (Lipinski definition) is 4. The lowest BCUT2D eigenvalue weighted by molar-refractivity contribution is 0.00310. The Labute approximate surface area is 120 Å². The summed E-state index contributed by atoms with van der Waals surface area (Å²) in [5, 5.41) is 0. The van der Waals surface area contributed by atoms with Crippen molar-refractivity contribution in [1.29, 1.82) is 0 Å². The van der Waals surface area contributed by atoms with Gasteiger partial charge in [0.05, 0.1) is 13.2 Å². The predicted octanol–water partition coefficient (Wildman–Crippen LogP) is 3.19. The van der Waals surface area contributed by atoms with E-state index in [0.717, 1.165) is 43.3 Å². The fourth-order valence-corrected chi connectivity index (χ4v) is 2.60. The van der Waals surface area contributed by atoms with Crippen LogP contribution in [0.25, 0.3) is 0 Å². The Morgan fingerprint density at radius 2 is 1.68 bits per heavy atom. The highest BCUT2D eigenvalue weighted by Gasteiger charge is 2.32. The zero-order valence-electron chi connectivity index (χ0n) is 11.4. The van der Waals surface area contributed by atoms with Gasteiger partial charge in [-0.15, -0.1) is 0 Å². The van der Waals surface area contributed by atoms with E-state index >= 15 is 0 Å². The minimum atomic E-state index is 0.153. The quantitative estimate of drug-likeness (QED) is 0.812. The van der Waals surface area contributed by atoms with Crippen molar-refractivity contribution in [3.63, 3.8) is 0 Å². The highest BCUT2D eigenvalue weighted by molar-refractivity contribution is 7.80. The Balaban J connectivity index is 1.89. The fourth-order valence-electron chi connectivity index (χ4n) is 2.19. The standard InChI is InChI=1S/C15H22O3S/c1-2-17-13-3-5-14(6-4-13)18-11-15(12-19)7-9-16-10-8-15/h3-6,19H,2,7-12H2,1H3. The van der Waals surface area contributed by atoms with Gasteiger partial charge in [-0.05, 0) is 49.8 Å². The van der Waals surface area contributed by atoms with E-state index in [1.165, 1.54) is 0 Å². The van der Waals surface area contributed by atoms with Crippen LogP contribution in [0.5, 0.6) is 11.5 Å². The molecule has 1 aliphatic rings. The van der Waals surface area contributed by atoms with E-state index in [4.69, 9.17) is 14.2 Å². The topological polar surface area (TPSA) is 27.7 Å². The number of ether oxygens (including phenoxy) is 3. The van der Waals surface area contributed by atoms with Crippen molar-refractivity contribution >= 4 is 12.6 Å². The van der Waals surface area contributed by atoms with Gasteiger partial charge in [-0.1, -0.05) is 0 Å². The van der Waals surface area contributed by atoms with E-state index in [9.17, 15) is 0 Å². The summed E-state index contributed by atoms with van der Waals surface area (Å²) in [5.41, 5.74) is 0.153. The molecule has 1 fully saturated rings. The van der Waals surface area contributed by atoms with Crippen molar-refractivity contribution in [3.8, 4) is 11.5 Å². The van der Waals surface area contributed by atoms with E-state index in [1.54, 1.807) is 0 Å². The molecule has 3 nitrogen and oxygen atoms in total. The molecule has 1 aromatic rings. The Bertz CT molecular complexity index is 371. The molecule has 0 N–H and O–H groups in total. The molecule has 1 aromatic carbocycles. The molecular weight excluding hydrogens is 260 g/mol. The second-order valence-corrected chi connectivity index (χ2v) is 5.28. The van der Waals surface area contributed by atoms with Crippen LogP contribution < -0.4 is 9.47 Å².